The Morgan fingerprint density at radius 3 is 2.60 bits per heavy atom. The fourth-order valence-electron chi connectivity index (χ4n) is 2.03. The van der Waals surface area contributed by atoms with E-state index in [0.717, 1.165) is 15.8 Å². The van der Waals surface area contributed by atoms with Crippen LogP contribution in [0.1, 0.15) is 24.2 Å². The molecule has 0 aliphatic heterocycles. The summed E-state index contributed by atoms with van der Waals surface area (Å²) >= 11 is 0. The summed E-state index contributed by atoms with van der Waals surface area (Å²) in [7, 11) is 0. The molecule has 1 amide bonds. The van der Waals surface area contributed by atoms with E-state index in [1.165, 1.54) is 0 Å². The van der Waals surface area contributed by atoms with Crippen molar-refractivity contribution < 1.29 is 18.0 Å². The van der Waals surface area contributed by atoms with Crippen LogP contribution in [0.5, 0.6) is 0 Å². The molecule has 20 heavy (non-hydrogen) atoms. The average Bonchev–Trinajstić information content (AvgIpc) is 2.80. The zero-order valence-corrected chi connectivity index (χ0v) is 11.2. The molecule has 0 aliphatic carbocycles. The van der Waals surface area contributed by atoms with E-state index in [9.17, 15) is 18.0 Å². The highest BCUT2D eigenvalue weighted by molar-refractivity contribution is 5.98. The fraction of sp³-hybridized carbons (Fsp3) is 0.357. The van der Waals surface area contributed by atoms with Gasteiger partial charge in [-0.25, -0.2) is 0 Å². The number of nitrogens with zero attached hydrogens (tertiary/aromatic N) is 1. The molecule has 1 aromatic carbocycles. The Morgan fingerprint density at radius 2 is 2.00 bits per heavy atom. The molecule has 0 bridgehead atoms. The number of aromatic nitrogens is 1. The third-order valence-corrected chi connectivity index (χ3v) is 3.04. The first-order valence-corrected chi connectivity index (χ1v) is 6.23. The van der Waals surface area contributed by atoms with Gasteiger partial charge in [-0.3, -0.25) is 4.79 Å². The van der Waals surface area contributed by atoms with Crippen LogP contribution in [-0.4, -0.2) is 34.6 Å². The van der Waals surface area contributed by atoms with E-state index in [1.807, 2.05) is 6.07 Å². The highest BCUT2D eigenvalue weighted by Gasteiger charge is 2.34. The minimum absolute atomic E-state index is 0.248. The summed E-state index contributed by atoms with van der Waals surface area (Å²) in [6.07, 6.45) is -2.69. The van der Waals surface area contributed by atoms with Crippen LogP contribution in [0.3, 0.4) is 0 Å². The molecule has 2 rings (SSSR count). The molecule has 108 valence electrons. The number of amides is 1. The SMILES string of the molecule is CC(C)N(CC(F)(F)F)C(=O)c1ccc2cc[nH]c2c1. The largest absolute Gasteiger partial charge is 0.406 e. The monoisotopic (exact) mass is 284 g/mol. The standard InChI is InChI=1S/C14H15F3N2O/c1-9(2)19(8-14(15,16)17)13(20)11-4-3-10-5-6-18-12(10)7-11/h3-7,9,18H,8H2,1-2H3. The van der Waals surface area contributed by atoms with Gasteiger partial charge in [-0.05, 0) is 37.4 Å². The van der Waals surface area contributed by atoms with Crippen LogP contribution in [0.4, 0.5) is 13.2 Å². The number of nitrogens with one attached hydrogen (secondary N) is 1. The van der Waals surface area contributed by atoms with Gasteiger partial charge in [0, 0.05) is 23.3 Å². The maximum atomic E-state index is 12.5. The van der Waals surface area contributed by atoms with Gasteiger partial charge >= 0.3 is 6.18 Å². The molecule has 0 fully saturated rings. The Balaban J connectivity index is 2.30. The van der Waals surface area contributed by atoms with Crippen LogP contribution in [-0.2, 0) is 0 Å². The summed E-state index contributed by atoms with van der Waals surface area (Å²) in [4.78, 5) is 16.0. The third-order valence-electron chi connectivity index (χ3n) is 3.04. The molecule has 1 N–H and O–H groups in total. The molecule has 2 aromatic rings. The minimum atomic E-state index is -4.41. The number of carbonyl (C=O) groups is 1. The van der Waals surface area contributed by atoms with Crippen LogP contribution in [0, 0.1) is 0 Å². The molecule has 1 aromatic heterocycles. The third kappa shape index (κ3) is 3.12. The van der Waals surface area contributed by atoms with E-state index in [4.69, 9.17) is 0 Å². The zero-order chi connectivity index (χ0) is 14.9. The topological polar surface area (TPSA) is 36.1 Å². The van der Waals surface area contributed by atoms with Crippen LogP contribution in [0.2, 0.25) is 0 Å². The van der Waals surface area contributed by atoms with Crippen molar-refractivity contribution >= 4 is 16.8 Å². The first-order chi connectivity index (χ1) is 9.28. The van der Waals surface area contributed by atoms with Gasteiger partial charge in [-0.15, -0.1) is 0 Å². The maximum Gasteiger partial charge on any atom is 0.406 e. The van der Waals surface area contributed by atoms with E-state index < -0.39 is 24.7 Å². The normalized spacial score (nSPS) is 12.1. The first kappa shape index (κ1) is 14.4. The van der Waals surface area contributed by atoms with Crippen molar-refractivity contribution in [3.8, 4) is 0 Å². The van der Waals surface area contributed by atoms with Gasteiger partial charge in [-0.2, -0.15) is 13.2 Å². The second-order valence-corrected chi connectivity index (χ2v) is 4.92. The number of alkyl halides is 3. The fourth-order valence-corrected chi connectivity index (χ4v) is 2.03. The predicted octanol–water partition coefficient (Wildman–Crippen LogP) is 3.58. The predicted molar refractivity (Wildman–Crippen MR) is 70.5 cm³/mol. The Hall–Kier alpha value is -1.98. The van der Waals surface area contributed by atoms with Gasteiger partial charge < -0.3 is 9.88 Å². The zero-order valence-electron chi connectivity index (χ0n) is 11.2. The molecule has 0 spiro atoms. The van der Waals surface area contributed by atoms with Gasteiger partial charge in [-0.1, -0.05) is 6.07 Å². The number of hydrogen-bond donors (Lipinski definition) is 1. The smallest absolute Gasteiger partial charge is 0.361 e. The van der Waals surface area contributed by atoms with Gasteiger partial charge in [0.2, 0.25) is 0 Å². The lowest BCUT2D eigenvalue weighted by atomic mass is 10.1. The summed E-state index contributed by atoms with van der Waals surface area (Å²) in [5.41, 5.74) is 0.976. The van der Waals surface area contributed by atoms with Crippen molar-refractivity contribution in [3.05, 3.63) is 36.0 Å². The molecule has 0 saturated heterocycles. The van der Waals surface area contributed by atoms with Gasteiger partial charge in [0.25, 0.3) is 5.91 Å². The number of rotatable bonds is 3. The lowest BCUT2D eigenvalue weighted by Gasteiger charge is -2.27. The number of carbonyl (C=O) groups excluding carboxylic acids is 1. The molecule has 0 unspecified atom stereocenters. The molecule has 6 heteroatoms. The molecule has 3 nitrogen and oxygen atoms in total. The molecular weight excluding hydrogens is 269 g/mol. The van der Waals surface area contributed by atoms with E-state index >= 15 is 0 Å². The summed E-state index contributed by atoms with van der Waals surface area (Å²) in [6, 6.07) is 6.14. The van der Waals surface area contributed by atoms with E-state index in [-0.39, 0.29) is 5.56 Å². The van der Waals surface area contributed by atoms with Gasteiger partial charge in [0.1, 0.15) is 6.54 Å². The van der Waals surface area contributed by atoms with Crippen LogP contribution in [0.25, 0.3) is 10.9 Å². The number of halogens is 3. The number of hydrogen-bond acceptors (Lipinski definition) is 1. The van der Waals surface area contributed by atoms with Crippen LogP contribution >= 0.6 is 0 Å². The molecule has 0 saturated carbocycles. The maximum absolute atomic E-state index is 12.5. The molecule has 0 atom stereocenters. The molecular formula is C14H15F3N2O. The summed E-state index contributed by atoms with van der Waals surface area (Å²) in [5, 5.41) is 0.911. The van der Waals surface area contributed by atoms with Gasteiger partial charge in [0.05, 0.1) is 0 Å². The lowest BCUT2D eigenvalue weighted by Crippen LogP contribution is -2.43. The highest BCUT2D eigenvalue weighted by Crippen LogP contribution is 2.21. The Labute approximate surface area is 114 Å². The van der Waals surface area contributed by atoms with Crippen molar-refractivity contribution in [2.75, 3.05) is 6.54 Å². The number of benzene rings is 1. The minimum Gasteiger partial charge on any atom is -0.361 e. The van der Waals surface area contributed by atoms with Crippen molar-refractivity contribution in [1.82, 2.24) is 9.88 Å². The summed E-state index contributed by atoms with van der Waals surface area (Å²) < 4.78 is 37.6. The van der Waals surface area contributed by atoms with E-state index in [2.05, 4.69) is 4.98 Å². The number of H-pyrrole nitrogens is 1. The Bertz CT molecular complexity index is 616. The highest BCUT2D eigenvalue weighted by atomic mass is 19.4. The van der Waals surface area contributed by atoms with E-state index in [1.54, 1.807) is 38.2 Å². The van der Waals surface area contributed by atoms with Crippen molar-refractivity contribution in [1.29, 1.82) is 0 Å². The second kappa shape index (κ2) is 5.19. The molecule has 0 radical (unpaired) electrons. The van der Waals surface area contributed by atoms with Crippen molar-refractivity contribution in [3.63, 3.8) is 0 Å². The van der Waals surface area contributed by atoms with Gasteiger partial charge in [0.15, 0.2) is 0 Å². The Morgan fingerprint density at radius 1 is 1.30 bits per heavy atom. The van der Waals surface area contributed by atoms with E-state index in [0.29, 0.717) is 0 Å². The quantitative estimate of drug-likeness (QED) is 0.918. The summed E-state index contributed by atoms with van der Waals surface area (Å²) in [6.45, 7) is 1.89. The first-order valence-electron chi connectivity index (χ1n) is 6.23. The Kier molecular flexibility index (Phi) is 3.74. The average molecular weight is 284 g/mol. The summed E-state index contributed by atoms with van der Waals surface area (Å²) in [5.74, 6) is -0.617. The number of fused-ring (bicyclic) bond motifs is 1. The van der Waals surface area contributed by atoms with Crippen LogP contribution < -0.4 is 0 Å². The van der Waals surface area contributed by atoms with Crippen LogP contribution in [0.15, 0.2) is 30.5 Å². The molecule has 0 aliphatic rings. The number of aromatic amines is 1. The second-order valence-electron chi connectivity index (χ2n) is 4.92. The molecule has 1 heterocycles. The van der Waals surface area contributed by atoms with Crippen molar-refractivity contribution in [2.45, 2.75) is 26.1 Å². The van der Waals surface area contributed by atoms with Crippen molar-refractivity contribution in [2.24, 2.45) is 0 Å². The lowest BCUT2D eigenvalue weighted by molar-refractivity contribution is -0.143.